The predicted octanol–water partition coefficient (Wildman–Crippen LogP) is 2.86. The second-order valence-corrected chi connectivity index (χ2v) is 5.46. The van der Waals surface area contributed by atoms with Crippen molar-refractivity contribution in [2.24, 2.45) is 5.92 Å². The number of benzene rings is 1. The Hall–Kier alpha value is -1.51. The Balaban J connectivity index is 2.40. The van der Waals surface area contributed by atoms with Crippen LogP contribution in [0.15, 0.2) is 18.2 Å². The number of aliphatic carboxylic acids is 1. The van der Waals surface area contributed by atoms with Crippen molar-refractivity contribution in [3.05, 3.63) is 29.3 Å². The van der Waals surface area contributed by atoms with E-state index >= 15 is 0 Å². The average Bonchev–Trinajstić information content (AvgIpc) is 2.27. The molecule has 3 nitrogen and oxygen atoms in total. The third-order valence-corrected chi connectivity index (χ3v) is 3.61. The number of carboxylic acids is 1. The minimum absolute atomic E-state index is 0.106. The van der Waals surface area contributed by atoms with Gasteiger partial charge in [0, 0.05) is 12.2 Å². The molecule has 0 amide bonds. The smallest absolute Gasteiger partial charge is 0.326 e. The Labute approximate surface area is 108 Å². The first-order chi connectivity index (χ1) is 8.50. The molecule has 0 aromatic heterocycles. The highest BCUT2D eigenvalue weighted by atomic mass is 16.4. The molecule has 1 aliphatic heterocycles. The topological polar surface area (TPSA) is 40.5 Å². The molecule has 0 fully saturated rings. The molecule has 3 heteroatoms. The molecular weight excluding hydrogens is 226 g/mol. The van der Waals surface area contributed by atoms with Gasteiger partial charge in [0.05, 0.1) is 0 Å². The predicted molar refractivity (Wildman–Crippen MR) is 73.1 cm³/mol. The minimum Gasteiger partial charge on any atom is -0.480 e. The van der Waals surface area contributed by atoms with Gasteiger partial charge in [0.25, 0.3) is 0 Å². The molecule has 1 aromatic rings. The molecule has 0 aliphatic carbocycles. The van der Waals surface area contributed by atoms with E-state index in [-0.39, 0.29) is 5.92 Å². The highest BCUT2D eigenvalue weighted by Crippen LogP contribution is 2.31. The summed E-state index contributed by atoms with van der Waals surface area (Å²) in [6.07, 6.45) is 2.09. The zero-order chi connectivity index (χ0) is 13.3. The Morgan fingerprint density at radius 2 is 2.11 bits per heavy atom. The monoisotopic (exact) mass is 247 g/mol. The van der Waals surface area contributed by atoms with Crippen molar-refractivity contribution >= 4 is 11.7 Å². The van der Waals surface area contributed by atoms with E-state index in [1.54, 1.807) is 0 Å². The van der Waals surface area contributed by atoms with Crippen LogP contribution in [0.3, 0.4) is 0 Å². The summed E-state index contributed by atoms with van der Waals surface area (Å²) in [7, 11) is 0. The van der Waals surface area contributed by atoms with E-state index in [1.807, 2.05) is 13.8 Å². The maximum atomic E-state index is 11.5. The van der Waals surface area contributed by atoms with Gasteiger partial charge in [-0.2, -0.15) is 0 Å². The maximum Gasteiger partial charge on any atom is 0.326 e. The van der Waals surface area contributed by atoms with Crippen LogP contribution in [0.5, 0.6) is 0 Å². The Kier molecular flexibility index (Phi) is 3.60. The summed E-state index contributed by atoms with van der Waals surface area (Å²) in [5.74, 6) is -0.617. The third-order valence-electron chi connectivity index (χ3n) is 3.61. The van der Waals surface area contributed by atoms with Gasteiger partial charge in [0.1, 0.15) is 6.04 Å². The van der Waals surface area contributed by atoms with Crippen LogP contribution in [0.1, 0.15) is 31.4 Å². The van der Waals surface area contributed by atoms with Crippen molar-refractivity contribution in [2.75, 3.05) is 11.4 Å². The van der Waals surface area contributed by atoms with Gasteiger partial charge in [0.2, 0.25) is 0 Å². The molecular formula is C15H21NO2. The lowest BCUT2D eigenvalue weighted by atomic mass is 9.94. The zero-order valence-corrected chi connectivity index (χ0v) is 11.3. The fourth-order valence-corrected chi connectivity index (χ4v) is 2.82. The number of carbonyl (C=O) groups is 1. The molecule has 1 unspecified atom stereocenters. The molecule has 98 valence electrons. The molecule has 2 rings (SSSR count). The van der Waals surface area contributed by atoms with E-state index in [9.17, 15) is 9.90 Å². The molecule has 18 heavy (non-hydrogen) atoms. The number of rotatable bonds is 3. The van der Waals surface area contributed by atoms with Crippen LogP contribution < -0.4 is 4.90 Å². The first-order valence-electron chi connectivity index (χ1n) is 6.59. The van der Waals surface area contributed by atoms with Crippen LogP contribution in [0, 0.1) is 12.8 Å². The lowest BCUT2D eigenvalue weighted by molar-refractivity contribution is -0.139. The summed E-state index contributed by atoms with van der Waals surface area (Å²) in [6, 6.07) is 5.89. The van der Waals surface area contributed by atoms with Gasteiger partial charge in [-0.1, -0.05) is 31.5 Å². The highest BCUT2D eigenvalue weighted by molar-refractivity contribution is 5.79. The summed E-state index contributed by atoms with van der Waals surface area (Å²) in [5.41, 5.74) is 3.63. The van der Waals surface area contributed by atoms with E-state index in [4.69, 9.17) is 0 Å². The molecule has 0 bridgehead atoms. The number of nitrogens with zero attached hydrogens (tertiary/aromatic N) is 1. The summed E-state index contributed by atoms with van der Waals surface area (Å²) < 4.78 is 0. The lowest BCUT2D eigenvalue weighted by Crippen LogP contribution is -2.47. The largest absolute Gasteiger partial charge is 0.480 e. The number of hydrogen-bond donors (Lipinski definition) is 1. The molecule has 1 aliphatic rings. The number of aryl methyl sites for hydroxylation is 2. The van der Waals surface area contributed by atoms with E-state index in [1.165, 1.54) is 11.1 Å². The summed E-state index contributed by atoms with van der Waals surface area (Å²) in [5, 5.41) is 9.43. The van der Waals surface area contributed by atoms with Gasteiger partial charge >= 0.3 is 5.97 Å². The van der Waals surface area contributed by atoms with Crippen molar-refractivity contribution in [3.63, 3.8) is 0 Å². The Bertz CT molecular complexity index is 454. The lowest BCUT2D eigenvalue weighted by Gasteiger charge is -2.37. The van der Waals surface area contributed by atoms with Crippen LogP contribution in [0.4, 0.5) is 5.69 Å². The van der Waals surface area contributed by atoms with Gasteiger partial charge < -0.3 is 10.0 Å². The number of hydrogen-bond acceptors (Lipinski definition) is 2. The summed E-state index contributed by atoms with van der Waals surface area (Å²) in [4.78, 5) is 13.5. The molecule has 0 radical (unpaired) electrons. The van der Waals surface area contributed by atoms with Crippen molar-refractivity contribution in [2.45, 2.75) is 39.7 Å². The molecule has 0 spiro atoms. The van der Waals surface area contributed by atoms with Crippen LogP contribution in [-0.4, -0.2) is 23.7 Å². The minimum atomic E-state index is -0.724. The van der Waals surface area contributed by atoms with Crippen LogP contribution in [0.25, 0.3) is 0 Å². The van der Waals surface area contributed by atoms with Gasteiger partial charge in [-0.15, -0.1) is 0 Å². The molecule has 1 aromatic carbocycles. The Morgan fingerprint density at radius 3 is 2.72 bits per heavy atom. The third kappa shape index (κ3) is 2.35. The normalized spacial score (nSPS) is 16.6. The van der Waals surface area contributed by atoms with E-state index < -0.39 is 12.0 Å². The zero-order valence-electron chi connectivity index (χ0n) is 11.3. The van der Waals surface area contributed by atoms with Gasteiger partial charge in [0.15, 0.2) is 0 Å². The second kappa shape index (κ2) is 5.01. The fourth-order valence-electron chi connectivity index (χ4n) is 2.82. The summed E-state index contributed by atoms with van der Waals surface area (Å²) >= 11 is 0. The van der Waals surface area contributed by atoms with Crippen molar-refractivity contribution < 1.29 is 9.90 Å². The summed E-state index contributed by atoms with van der Waals surface area (Å²) in [6.45, 7) is 6.87. The standard InChI is InChI=1S/C15H21NO2/c1-10(2)14(15(17)18)16-8-4-5-12-9-11(3)6-7-13(12)16/h6-7,9-10,14H,4-5,8H2,1-3H3,(H,17,18). The van der Waals surface area contributed by atoms with Crippen LogP contribution in [0.2, 0.25) is 0 Å². The molecule has 0 saturated heterocycles. The first kappa shape index (κ1) is 12.9. The van der Waals surface area contributed by atoms with E-state index in [2.05, 4.69) is 30.0 Å². The van der Waals surface area contributed by atoms with E-state index in [0.29, 0.717) is 0 Å². The highest BCUT2D eigenvalue weighted by Gasteiger charge is 2.31. The maximum absolute atomic E-state index is 11.5. The SMILES string of the molecule is Cc1ccc2c(c1)CCCN2C(C(=O)O)C(C)C. The number of fused-ring (bicyclic) bond motifs is 1. The van der Waals surface area contributed by atoms with Gasteiger partial charge in [-0.25, -0.2) is 4.79 Å². The number of carboxylic acid groups (broad SMARTS) is 1. The van der Waals surface area contributed by atoms with Crippen LogP contribution >= 0.6 is 0 Å². The van der Waals surface area contributed by atoms with Crippen molar-refractivity contribution in [1.29, 1.82) is 0 Å². The molecule has 1 N–H and O–H groups in total. The number of anilines is 1. The van der Waals surface area contributed by atoms with Crippen molar-refractivity contribution in [3.8, 4) is 0 Å². The molecule has 0 saturated carbocycles. The fraction of sp³-hybridized carbons (Fsp3) is 0.533. The average molecular weight is 247 g/mol. The first-order valence-corrected chi connectivity index (χ1v) is 6.59. The van der Waals surface area contributed by atoms with E-state index in [0.717, 1.165) is 25.1 Å². The Morgan fingerprint density at radius 1 is 1.39 bits per heavy atom. The van der Waals surface area contributed by atoms with Gasteiger partial charge in [-0.05, 0) is 37.3 Å². The second-order valence-electron chi connectivity index (χ2n) is 5.46. The quantitative estimate of drug-likeness (QED) is 0.893. The molecule has 1 heterocycles. The molecule has 1 atom stereocenters. The van der Waals surface area contributed by atoms with Crippen LogP contribution in [-0.2, 0) is 11.2 Å². The van der Waals surface area contributed by atoms with Crippen molar-refractivity contribution in [1.82, 2.24) is 0 Å². The van der Waals surface area contributed by atoms with Gasteiger partial charge in [-0.3, -0.25) is 0 Å².